The second-order valence-electron chi connectivity index (χ2n) is 18.4. The first kappa shape index (κ1) is 40.1. The van der Waals surface area contributed by atoms with Crippen molar-refractivity contribution in [3.63, 3.8) is 0 Å². The Morgan fingerprint density at radius 3 is 1.61 bits per heavy atom. The lowest BCUT2D eigenvalue weighted by Crippen LogP contribution is -2.39. The molecule has 0 saturated heterocycles. The van der Waals surface area contributed by atoms with Gasteiger partial charge in [0, 0.05) is 55.0 Å². The first-order valence-corrected chi connectivity index (χ1v) is 24.1. The molecule has 70 heavy (non-hydrogen) atoms. The highest BCUT2D eigenvalue weighted by atomic mass is 15.2. The van der Waals surface area contributed by atoms with Gasteiger partial charge in [-0.2, -0.15) is 0 Å². The second kappa shape index (κ2) is 16.3. The number of benzene rings is 10. The normalized spacial score (nSPS) is 15.0. The van der Waals surface area contributed by atoms with Gasteiger partial charge in [0.15, 0.2) is 0 Å². The van der Waals surface area contributed by atoms with Crippen molar-refractivity contribution in [2.24, 2.45) is 0 Å². The third kappa shape index (κ3) is 6.55. The van der Waals surface area contributed by atoms with Crippen molar-refractivity contribution in [1.82, 2.24) is 24.8 Å². The molecule has 5 heteroatoms. The maximum Gasteiger partial charge on any atom is 0.104 e. The Morgan fingerprint density at radius 1 is 0.357 bits per heavy atom. The molecule has 13 aromatic rings. The molecule has 2 N–H and O–H groups in total. The van der Waals surface area contributed by atoms with Gasteiger partial charge in [-0.3, -0.25) is 5.32 Å². The molecule has 0 radical (unpaired) electrons. The van der Waals surface area contributed by atoms with E-state index in [2.05, 4.69) is 268 Å². The van der Waals surface area contributed by atoms with Gasteiger partial charge in [0.25, 0.3) is 0 Å². The Morgan fingerprint density at radius 2 is 0.914 bits per heavy atom. The summed E-state index contributed by atoms with van der Waals surface area (Å²) >= 11 is 0. The highest BCUT2D eigenvalue weighted by Crippen LogP contribution is 2.44. The summed E-state index contributed by atoms with van der Waals surface area (Å²) < 4.78 is 4.77. The van der Waals surface area contributed by atoms with Crippen LogP contribution in [0.5, 0.6) is 0 Å². The minimum absolute atomic E-state index is 0.0245. The van der Waals surface area contributed by atoms with E-state index in [0.717, 1.165) is 55.9 Å². The zero-order valence-electron chi connectivity index (χ0n) is 38.2. The highest BCUT2D eigenvalue weighted by Gasteiger charge is 2.25. The molecule has 0 fully saturated rings. The van der Waals surface area contributed by atoms with Crippen LogP contribution in [-0.2, 0) is 0 Å². The smallest absolute Gasteiger partial charge is 0.104 e. The Hall–Kier alpha value is -9.03. The number of rotatable bonds is 7. The summed E-state index contributed by atoms with van der Waals surface area (Å²) in [6.07, 6.45) is 2.25. The van der Waals surface area contributed by atoms with Gasteiger partial charge in [-0.15, -0.1) is 0 Å². The number of hydrogen-bond acceptors (Lipinski definition) is 3. The Balaban J connectivity index is 0.854. The molecule has 4 heterocycles. The van der Waals surface area contributed by atoms with Crippen LogP contribution in [0.1, 0.15) is 28.9 Å². The fourth-order valence-corrected chi connectivity index (χ4v) is 11.1. The zero-order chi connectivity index (χ0) is 46.1. The SMILES string of the molecule is C1=C(c2ccc(-c3ccc4nc(-c5ccccc5)c5c(ccc6c5c5ccccc5n6-c5ccccc5)c4c3)cc2)NC(c2ccccc2)NC1c1ccc(-n2c3ccccc3c3ccccc32)cc1. The van der Waals surface area contributed by atoms with E-state index in [1.165, 1.54) is 65.5 Å². The van der Waals surface area contributed by atoms with E-state index in [4.69, 9.17) is 4.98 Å². The van der Waals surface area contributed by atoms with Crippen molar-refractivity contribution in [1.29, 1.82) is 0 Å². The van der Waals surface area contributed by atoms with Gasteiger partial charge in [-0.25, -0.2) is 4.98 Å². The molecule has 5 nitrogen and oxygen atoms in total. The Kier molecular flexibility index (Phi) is 9.36. The van der Waals surface area contributed by atoms with E-state index in [9.17, 15) is 0 Å². The lowest BCUT2D eigenvalue weighted by molar-refractivity contribution is 0.442. The molecule has 330 valence electrons. The average molecular weight is 896 g/mol. The molecule has 10 aromatic carbocycles. The molecule has 2 atom stereocenters. The lowest BCUT2D eigenvalue weighted by atomic mass is 9.94. The summed E-state index contributed by atoms with van der Waals surface area (Å²) in [5.74, 6) is 0. The van der Waals surface area contributed by atoms with Gasteiger partial charge >= 0.3 is 0 Å². The van der Waals surface area contributed by atoms with Crippen molar-refractivity contribution in [3.05, 3.63) is 265 Å². The maximum atomic E-state index is 5.50. The van der Waals surface area contributed by atoms with Crippen LogP contribution in [0.25, 0.3) is 105 Å². The van der Waals surface area contributed by atoms with Crippen LogP contribution in [0.15, 0.2) is 249 Å². The summed E-state index contributed by atoms with van der Waals surface area (Å²) in [6, 6.07) is 87.6. The molecule has 2 unspecified atom stereocenters. The van der Waals surface area contributed by atoms with E-state index in [-0.39, 0.29) is 12.2 Å². The first-order chi connectivity index (χ1) is 34.7. The predicted octanol–water partition coefficient (Wildman–Crippen LogP) is 15.9. The summed E-state index contributed by atoms with van der Waals surface area (Å²) in [7, 11) is 0. The molecule has 1 aliphatic rings. The van der Waals surface area contributed by atoms with Gasteiger partial charge < -0.3 is 14.5 Å². The number of pyridine rings is 1. The van der Waals surface area contributed by atoms with Crippen LogP contribution in [0, 0.1) is 0 Å². The van der Waals surface area contributed by atoms with Crippen LogP contribution < -0.4 is 10.6 Å². The standard InChI is InChI=1S/C65H45N5/c1-4-16-45(17-5-1)64-63-52(37-39-61-62(63)53-24-12-15-27-60(53)70(61)48-20-8-3-9-21-48)54-40-47(34-38-55(54)66-64)42-28-30-43(31-29-42)56-41-57(68-65(67-56)46-18-6-2-7-19-46)44-32-35-49(36-33-44)69-58-25-13-10-22-50(58)51-23-11-14-26-59(51)69/h1-41,57,65,67-68H. The largest absolute Gasteiger partial charge is 0.366 e. The van der Waals surface area contributed by atoms with Crippen LogP contribution in [0.3, 0.4) is 0 Å². The van der Waals surface area contributed by atoms with E-state index in [0.29, 0.717) is 0 Å². The summed E-state index contributed by atoms with van der Waals surface area (Å²) in [6.45, 7) is 0. The molecule has 1 aliphatic heterocycles. The molecule has 0 saturated carbocycles. The zero-order valence-corrected chi connectivity index (χ0v) is 38.2. The minimum atomic E-state index is -0.0851. The molecular formula is C65H45N5. The quantitative estimate of drug-likeness (QED) is 0.157. The van der Waals surface area contributed by atoms with Crippen LogP contribution >= 0.6 is 0 Å². The molecular weight excluding hydrogens is 851 g/mol. The molecule has 0 aliphatic carbocycles. The Labute approximate surface area is 405 Å². The van der Waals surface area contributed by atoms with Crippen molar-refractivity contribution >= 4 is 71.0 Å². The van der Waals surface area contributed by atoms with Gasteiger partial charge in [-0.05, 0) is 99.9 Å². The van der Waals surface area contributed by atoms with Gasteiger partial charge in [-0.1, -0.05) is 182 Å². The third-order valence-corrected chi connectivity index (χ3v) is 14.4. The van der Waals surface area contributed by atoms with Crippen LogP contribution in [0.2, 0.25) is 0 Å². The molecule has 0 bridgehead atoms. The molecule has 3 aromatic heterocycles. The highest BCUT2D eigenvalue weighted by molar-refractivity contribution is 6.28. The lowest BCUT2D eigenvalue weighted by Gasteiger charge is -2.33. The summed E-state index contributed by atoms with van der Waals surface area (Å²) in [5, 5.41) is 16.2. The monoisotopic (exact) mass is 895 g/mol. The number of hydrogen-bond donors (Lipinski definition) is 2. The molecule has 14 rings (SSSR count). The average Bonchev–Trinajstić information content (AvgIpc) is 3.96. The molecule has 0 spiro atoms. The van der Waals surface area contributed by atoms with E-state index >= 15 is 0 Å². The van der Waals surface area contributed by atoms with E-state index in [1.807, 2.05) is 0 Å². The van der Waals surface area contributed by atoms with Crippen molar-refractivity contribution < 1.29 is 0 Å². The van der Waals surface area contributed by atoms with Crippen molar-refractivity contribution in [2.45, 2.75) is 12.2 Å². The number of nitrogens with one attached hydrogen (secondary N) is 2. The third-order valence-electron chi connectivity index (χ3n) is 14.4. The second-order valence-corrected chi connectivity index (χ2v) is 18.4. The van der Waals surface area contributed by atoms with Gasteiger partial charge in [0.05, 0.1) is 39.3 Å². The first-order valence-electron chi connectivity index (χ1n) is 24.1. The van der Waals surface area contributed by atoms with Gasteiger partial charge in [0.1, 0.15) is 6.17 Å². The number of nitrogens with zero attached hydrogens (tertiary/aromatic N) is 3. The molecule has 0 amide bonds. The fraction of sp³-hybridized carbons (Fsp3) is 0.0308. The topological polar surface area (TPSA) is 46.8 Å². The minimum Gasteiger partial charge on any atom is -0.366 e. The number of aromatic nitrogens is 3. The summed E-state index contributed by atoms with van der Waals surface area (Å²) in [5.41, 5.74) is 17.0. The van der Waals surface area contributed by atoms with Crippen molar-refractivity contribution in [3.8, 4) is 33.8 Å². The number of fused-ring (bicyclic) bond motifs is 10. The van der Waals surface area contributed by atoms with E-state index in [1.54, 1.807) is 0 Å². The summed E-state index contributed by atoms with van der Waals surface area (Å²) in [4.78, 5) is 5.50. The predicted molar refractivity (Wildman–Crippen MR) is 291 cm³/mol. The van der Waals surface area contributed by atoms with Gasteiger partial charge in [0.2, 0.25) is 0 Å². The van der Waals surface area contributed by atoms with Crippen LogP contribution in [0.4, 0.5) is 0 Å². The van der Waals surface area contributed by atoms with E-state index < -0.39 is 0 Å². The fourth-order valence-electron chi connectivity index (χ4n) is 11.1. The maximum absolute atomic E-state index is 5.50. The van der Waals surface area contributed by atoms with Crippen molar-refractivity contribution in [2.75, 3.05) is 0 Å². The van der Waals surface area contributed by atoms with Crippen LogP contribution in [-0.4, -0.2) is 14.1 Å². The Bertz CT molecular complexity index is 4100. The number of para-hydroxylation sites is 4.